The lowest BCUT2D eigenvalue weighted by Gasteiger charge is -2.57. The number of benzene rings is 1. The number of fused-ring (bicyclic) bond motifs is 1. The van der Waals surface area contributed by atoms with Gasteiger partial charge in [0, 0.05) is 35.3 Å². The van der Waals surface area contributed by atoms with Crippen molar-refractivity contribution in [1.82, 2.24) is 35.5 Å². The van der Waals surface area contributed by atoms with Crippen molar-refractivity contribution in [3.05, 3.63) is 42.6 Å². The van der Waals surface area contributed by atoms with Crippen LogP contribution in [0.25, 0.3) is 5.65 Å². The molecule has 1 atom stereocenters. The van der Waals surface area contributed by atoms with Gasteiger partial charge in [0.1, 0.15) is 5.75 Å². The van der Waals surface area contributed by atoms with Crippen LogP contribution in [0.5, 0.6) is 11.6 Å². The molecule has 0 bridgehead atoms. The molecule has 4 heterocycles. The molecule has 1 unspecified atom stereocenters. The molecule has 5 rings (SSSR count). The summed E-state index contributed by atoms with van der Waals surface area (Å²) in [6.45, 7) is 11.5. The Morgan fingerprint density at radius 3 is 2.78 bits per heavy atom. The van der Waals surface area contributed by atoms with Crippen LogP contribution in [0.1, 0.15) is 34.1 Å². The number of hydrogen-bond acceptors (Lipinski definition) is 10. The van der Waals surface area contributed by atoms with Crippen LogP contribution in [-0.4, -0.2) is 51.2 Å². The van der Waals surface area contributed by atoms with Crippen molar-refractivity contribution in [1.29, 1.82) is 0 Å². The van der Waals surface area contributed by atoms with Gasteiger partial charge in [0.15, 0.2) is 11.5 Å². The number of nitrogens with zero attached hydrogens (tertiary/aromatic N) is 4. The van der Waals surface area contributed by atoms with Gasteiger partial charge in [-0.25, -0.2) is 20.4 Å². The number of carbonyl (C=O) groups excluding carboxylic acids is 1. The normalized spacial score (nSPS) is 20.9. The zero-order valence-electron chi connectivity index (χ0n) is 21.5. The number of anilines is 2. The van der Waals surface area contributed by atoms with E-state index in [1.807, 2.05) is 11.0 Å². The molecular weight excluding hydrogens is 493 g/mol. The molecule has 0 aliphatic carbocycles. The highest BCUT2D eigenvalue weighted by atomic mass is 31.1. The number of amides is 1. The molecule has 2 aliphatic heterocycles. The Hall–Kier alpha value is -2.86. The van der Waals surface area contributed by atoms with Crippen LogP contribution in [0, 0.1) is 10.8 Å². The molecule has 1 aromatic carbocycles. The summed E-state index contributed by atoms with van der Waals surface area (Å²) in [7, 11) is 0.201. The van der Waals surface area contributed by atoms with Crippen molar-refractivity contribution < 1.29 is 14.3 Å². The fourth-order valence-corrected chi connectivity index (χ4v) is 5.62. The molecule has 3 aromatic rings. The van der Waals surface area contributed by atoms with E-state index in [1.54, 1.807) is 41.0 Å². The van der Waals surface area contributed by atoms with Crippen LogP contribution >= 0.6 is 8.88 Å². The molecule has 37 heavy (non-hydrogen) atoms. The fourth-order valence-electron chi connectivity index (χ4n) is 4.81. The van der Waals surface area contributed by atoms with E-state index in [-0.39, 0.29) is 25.3 Å². The van der Waals surface area contributed by atoms with E-state index in [4.69, 9.17) is 9.47 Å². The third-order valence-corrected chi connectivity index (χ3v) is 7.73. The first-order valence-electron chi connectivity index (χ1n) is 12.2. The van der Waals surface area contributed by atoms with Gasteiger partial charge < -0.3 is 14.8 Å². The summed E-state index contributed by atoms with van der Waals surface area (Å²) in [5.74, 6) is 1.60. The van der Waals surface area contributed by atoms with Gasteiger partial charge in [-0.3, -0.25) is 10.2 Å². The molecule has 2 aliphatic rings. The van der Waals surface area contributed by atoms with Crippen molar-refractivity contribution in [3.63, 3.8) is 0 Å². The van der Waals surface area contributed by atoms with Gasteiger partial charge in [-0.2, -0.15) is 5.20 Å². The van der Waals surface area contributed by atoms with Gasteiger partial charge in [-0.05, 0) is 43.9 Å². The number of aromatic nitrogens is 3. The number of rotatable bonds is 8. The van der Waals surface area contributed by atoms with Crippen molar-refractivity contribution in [2.75, 3.05) is 30.5 Å². The van der Waals surface area contributed by atoms with Gasteiger partial charge in [-0.1, -0.05) is 19.9 Å². The van der Waals surface area contributed by atoms with Crippen LogP contribution in [0.4, 0.5) is 11.5 Å². The third-order valence-electron chi connectivity index (χ3n) is 7.00. The molecular formula is C24H34N9O3P. The quantitative estimate of drug-likeness (QED) is 0.169. The molecule has 2 saturated heterocycles. The Morgan fingerprint density at radius 1 is 1.19 bits per heavy atom. The van der Waals surface area contributed by atoms with Crippen molar-refractivity contribution >= 4 is 32.4 Å². The maximum Gasteiger partial charge on any atom is 0.237 e. The summed E-state index contributed by atoms with van der Waals surface area (Å²) < 4.78 is 13.1. The van der Waals surface area contributed by atoms with Crippen molar-refractivity contribution in [2.24, 2.45) is 10.8 Å². The summed E-state index contributed by atoms with van der Waals surface area (Å²) in [5, 5.41) is 10.3. The second-order valence-electron chi connectivity index (χ2n) is 10.9. The molecule has 2 aromatic heterocycles. The molecule has 5 N–H and O–H groups in total. The Kier molecular flexibility index (Phi) is 7.06. The number of hydrogen-bond donors (Lipinski definition) is 5. The van der Waals surface area contributed by atoms with Crippen LogP contribution in [0.3, 0.4) is 0 Å². The van der Waals surface area contributed by atoms with Crippen molar-refractivity contribution in [3.8, 4) is 11.6 Å². The highest BCUT2D eigenvalue weighted by molar-refractivity contribution is 7.32. The average Bonchev–Trinajstić information content (AvgIpc) is 3.21. The van der Waals surface area contributed by atoms with E-state index in [9.17, 15) is 4.79 Å². The lowest BCUT2D eigenvalue weighted by atomic mass is 9.59. The minimum absolute atomic E-state index is 0.0974. The molecule has 1 amide bonds. The van der Waals surface area contributed by atoms with Crippen LogP contribution in [-0.2, 0) is 9.53 Å². The lowest BCUT2D eigenvalue weighted by Crippen LogP contribution is -2.67. The van der Waals surface area contributed by atoms with Crippen molar-refractivity contribution in [2.45, 2.75) is 39.7 Å². The topological polar surface area (TPSA) is 129 Å². The number of hydrazine groups is 3. The number of carbonyl (C=O) groups is 1. The SMILES string of the molecule is CC1(C)CC2(COC2)C(C)(C)CNN(PNNc2cn3nc(Oc4cccc(NC=O)c4)ccc3n2)N1. The zero-order valence-corrected chi connectivity index (χ0v) is 22.5. The van der Waals surface area contributed by atoms with E-state index in [1.165, 1.54) is 0 Å². The number of nitrogens with one attached hydrogen (secondary N) is 5. The standard InChI is InChI=1S/C24H34N9O3P/c1-22(2)13-26-33(30-23(3,4)12-24(22)14-35-15-24)37-31-28-19-11-32-20(27-19)8-9-21(29-32)36-18-7-5-6-17(10-18)25-16-34/h5-11,16,26,28,30-31,37H,12-15H2,1-4H3,(H,25,34). The Labute approximate surface area is 217 Å². The van der Waals surface area contributed by atoms with E-state index in [0.29, 0.717) is 35.2 Å². The summed E-state index contributed by atoms with van der Waals surface area (Å²) in [6, 6.07) is 10.7. The van der Waals surface area contributed by atoms with E-state index in [2.05, 4.69) is 64.6 Å². The summed E-state index contributed by atoms with van der Waals surface area (Å²) in [5.41, 5.74) is 11.8. The zero-order chi connectivity index (χ0) is 26.1. The highest BCUT2D eigenvalue weighted by Crippen LogP contribution is 2.50. The molecule has 12 nitrogen and oxygen atoms in total. The van der Waals surface area contributed by atoms with Crippen LogP contribution < -0.4 is 31.5 Å². The Balaban J connectivity index is 1.19. The van der Waals surface area contributed by atoms with Gasteiger partial charge in [-0.15, -0.1) is 9.99 Å². The second kappa shape index (κ2) is 10.1. The first-order valence-corrected chi connectivity index (χ1v) is 13.1. The Bertz CT molecular complexity index is 1260. The van der Waals surface area contributed by atoms with Crippen LogP contribution in [0.2, 0.25) is 0 Å². The van der Waals surface area contributed by atoms with E-state index < -0.39 is 0 Å². The minimum atomic E-state index is -0.102. The molecule has 2 fully saturated rings. The monoisotopic (exact) mass is 527 g/mol. The first-order chi connectivity index (χ1) is 17.7. The molecule has 1 spiro atoms. The van der Waals surface area contributed by atoms with Gasteiger partial charge in [0.25, 0.3) is 0 Å². The van der Waals surface area contributed by atoms with Gasteiger partial charge in [0.05, 0.1) is 28.3 Å². The van der Waals surface area contributed by atoms with E-state index in [0.717, 1.165) is 26.2 Å². The summed E-state index contributed by atoms with van der Waals surface area (Å²) in [4.78, 5) is 17.2. The van der Waals surface area contributed by atoms with Gasteiger partial charge in [0.2, 0.25) is 12.3 Å². The number of imidazole rings is 1. The highest BCUT2D eigenvalue weighted by Gasteiger charge is 2.54. The molecule has 13 heteroatoms. The molecule has 0 saturated carbocycles. The number of ether oxygens (including phenoxy) is 2. The molecule has 0 radical (unpaired) electrons. The Morgan fingerprint density at radius 2 is 2.03 bits per heavy atom. The van der Waals surface area contributed by atoms with Gasteiger partial charge >= 0.3 is 0 Å². The van der Waals surface area contributed by atoms with E-state index >= 15 is 0 Å². The maximum absolute atomic E-state index is 10.7. The smallest absolute Gasteiger partial charge is 0.237 e. The first kappa shape index (κ1) is 25.8. The second-order valence-corrected chi connectivity index (χ2v) is 11.8. The average molecular weight is 528 g/mol. The largest absolute Gasteiger partial charge is 0.438 e. The predicted molar refractivity (Wildman–Crippen MR) is 143 cm³/mol. The fraction of sp³-hybridized carbons (Fsp3) is 0.458. The third kappa shape index (κ3) is 5.69. The maximum atomic E-state index is 10.7. The predicted octanol–water partition coefficient (Wildman–Crippen LogP) is 3.05. The minimum Gasteiger partial charge on any atom is -0.438 e. The van der Waals surface area contributed by atoms with Crippen LogP contribution in [0.15, 0.2) is 42.6 Å². The summed E-state index contributed by atoms with van der Waals surface area (Å²) in [6.07, 6.45) is 3.44. The summed E-state index contributed by atoms with van der Waals surface area (Å²) >= 11 is 0. The lowest BCUT2D eigenvalue weighted by molar-refractivity contribution is -0.197. The molecule has 198 valence electrons.